The molecule has 3 aromatic heterocycles. The number of aliphatic hydroxyl groups excluding tert-OH is 1. The van der Waals surface area contributed by atoms with Crippen LogP contribution in [0.25, 0.3) is 16.9 Å². The average molecular weight is 495 g/mol. The second kappa shape index (κ2) is 9.63. The highest BCUT2D eigenvalue weighted by Gasteiger charge is 2.32. The number of ether oxygens (including phenoxy) is 1. The fourth-order valence-corrected chi connectivity index (χ4v) is 4.55. The van der Waals surface area contributed by atoms with Crippen molar-refractivity contribution in [1.82, 2.24) is 29.8 Å². The monoisotopic (exact) mass is 494 g/mol. The SMILES string of the molecule is COCCN(c1ccn2ncc(C(N)=O)c2c1)c1cc(-c2nnn(C3CC(CO)C3)n2)c(F)cc1C. The van der Waals surface area contributed by atoms with Gasteiger partial charge in [0, 0.05) is 37.8 Å². The van der Waals surface area contributed by atoms with Crippen molar-refractivity contribution >= 4 is 22.8 Å². The molecule has 5 rings (SSSR count). The van der Waals surface area contributed by atoms with E-state index in [9.17, 15) is 9.90 Å². The zero-order valence-electron chi connectivity index (χ0n) is 20.0. The molecule has 0 aliphatic heterocycles. The molecule has 0 bridgehead atoms. The predicted molar refractivity (Wildman–Crippen MR) is 129 cm³/mol. The van der Waals surface area contributed by atoms with Crippen LogP contribution in [0.1, 0.15) is 34.8 Å². The van der Waals surface area contributed by atoms with Crippen molar-refractivity contribution in [2.24, 2.45) is 11.7 Å². The van der Waals surface area contributed by atoms with E-state index in [2.05, 4.69) is 20.5 Å². The number of hydrogen-bond donors (Lipinski definition) is 2. The van der Waals surface area contributed by atoms with Crippen LogP contribution in [0.2, 0.25) is 0 Å². The van der Waals surface area contributed by atoms with Crippen molar-refractivity contribution in [2.45, 2.75) is 25.8 Å². The van der Waals surface area contributed by atoms with Gasteiger partial charge in [0.25, 0.3) is 5.91 Å². The van der Waals surface area contributed by atoms with Crippen LogP contribution in [0.5, 0.6) is 0 Å². The van der Waals surface area contributed by atoms with Crippen LogP contribution < -0.4 is 10.6 Å². The Morgan fingerprint density at radius 2 is 2.14 bits per heavy atom. The number of methoxy groups -OCH3 is 1. The van der Waals surface area contributed by atoms with Gasteiger partial charge in [-0.2, -0.15) is 9.90 Å². The summed E-state index contributed by atoms with van der Waals surface area (Å²) >= 11 is 0. The molecule has 0 atom stereocenters. The molecule has 3 N–H and O–H groups in total. The Kier molecular flexibility index (Phi) is 6.37. The number of amides is 1. The smallest absolute Gasteiger partial charge is 0.252 e. The lowest BCUT2D eigenvalue weighted by molar-refractivity contribution is 0.0962. The van der Waals surface area contributed by atoms with Gasteiger partial charge >= 0.3 is 0 Å². The highest BCUT2D eigenvalue weighted by molar-refractivity contribution is 6.00. The van der Waals surface area contributed by atoms with Crippen LogP contribution in [0.3, 0.4) is 0 Å². The lowest BCUT2D eigenvalue weighted by Crippen LogP contribution is -2.30. The summed E-state index contributed by atoms with van der Waals surface area (Å²) in [7, 11) is 1.61. The molecule has 11 nitrogen and oxygen atoms in total. The summed E-state index contributed by atoms with van der Waals surface area (Å²) in [6.45, 7) is 2.82. The standard InChI is InChI=1S/C24H27FN8O3/c1-14-7-20(25)18(24-28-30-33(29-24)17-8-15(9-17)13-34)11-21(14)31(5-6-36-2)16-3-4-32-22(10-16)19(12-27-32)23(26)35/h3-4,7,10-12,15,17,34H,5-6,8-9,13H2,1-2H3,(H2,26,35). The topological polar surface area (TPSA) is 137 Å². The molecule has 1 aromatic carbocycles. The fraction of sp³-hybridized carbons (Fsp3) is 0.375. The van der Waals surface area contributed by atoms with Crippen molar-refractivity contribution in [1.29, 1.82) is 0 Å². The molecule has 0 radical (unpaired) electrons. The minimum absolute atomic E-state index is 0.0522. The number of nitrogens with two attached hydrogens (primary N) is 1. The second-order valence-electron chi connectivity index (χ2n) is 9.01. The Morgan fingerprint density at radius 3 is 2.86 bits per heavy atom. The van der Waals surface area contributed by atoms with E-state index in [1.165, 1.54) is 17.1 Å². The Balaban J connectivity index is 1.54. The summed E-state index contributed by atoms with van der Waals surface area (Å²) in [6, 6.07) is 6.87. The molecular formula is C24H27FN8O3. The average Bonchev–Trinajstić information content (AvgIpc) is 3.47. The molecular weight excluding hydrogens is 467 g/mol. The first-order valence-electron chi connectivity index (χ1n) is 11.6. The van der Waals surface area contributed by atoms with Crippen LogP contribution in [-0.4, -0.2) is 67.7 Å². The molecule has 0 unspecified atom stereocenters. The first kappa shape index (κ1) is 23.8. The second-order valence-corrected chi connectivity index (χ2v) is 9.01. The highest BCUT2D eigenvalue weighted by atomic mass is 19.1. The maximum Gasteiger partial charge on any atom is 0.252 e. The zero-order valence-corrected chi connectivity index (χ0v) is 20.0. The normalized spacial score (nSPS) is 17.3. The molecule has 12 heteroatoms. The van der Waals surface area contributed by atoms with Crippen LogP contribution >= 0.6 is 0 Å². The number of anilines is 2. The van der Waals surface area contributed by atoms with Gasteiger partial charge in [0.1, 0.15) is 5.82 Å². The van der Waals surface area contributed by atoms with Crippen molar-refractivity contribution < 1.29 is 19.0 Å². The fourth-order valence-electron chi connectivity index (χ4n) is 4.55. The Hall–Kier alpha value is -3.90. The van der Waals surface area contributed by atoms with Gasteiger partial charge in [-0.1, -0.05) is 0 Å². The van der Waals surface area contributed by atoms with Crippen LogP contribution in [0.15, 0.2) is 36.7 Å². The van der Waals surface area contributed by atoms with E-state index in [0.717, 1.165) is 24.2 Å². The summed E-state index contributed by atoms with van der Waals surface area (Å²) in [4.78, 5) is 15.3. The van der Waals surface area contributed by atoms with Crippen LogP contribution in [0, 0.1) is 18.7 Å². The molecule has 3 heterocycles. The molecule has 0 saturated heterocycles. The number of carbonyl (C=O) groups excluding carboxylic acids is 1. The summed E-state index contributed by atoms with van der Waals surface area (Å²) in [5, 5.41) is 26.1. The number of fused-ring (bicyclic) bond motifs is 1. The molecule has 1 saturated carbocycles. The van der Waals surface area contributed by atoms with E-state index >= 15 is 4.39 Å². The van der Waals surface area contributed by atoms with Gasteiger partial charge in [0.2, 0.25) is 5.82 Å². The summed E-state index contributed by atoms with van der Waals surface area (Å²) in [6.07, 6.45) is 4.70. The highest BCUT2D eigenvalue weighted by Crippen LogP contribution is 2.37. The molecule has 1 amide bonds. The number of pyridine rings is 1. The largest absolute Gasteiger partial charge is 0.396 e. The van der Waals surface area contributed by atoms with E-state index in [4.69, 9.17) is 10.5 Å². The number of primary amides is 1. The Labute approximate surface area is 206 Å². The number of halogens is 1. The van der Waals surface area contributed by atoms with Gasteiger partial charge in [0.05, 0.1) is 35.5 Å². The number of carbonyl (C=O) groups is 1. The minimum Gasteiger partial charge on any atom is -0.396 e. The predicted octanol–water partition coefficient (Wildman–Crippen LogP) is 2.26. The summed E-state index contributed by atoms with van der Waals surface area (Å²) in [5.41, 5.74) is 8.80. The zero-order chi connectivity index (χ0) is 25.4. The molecule has 1 fully saturated rings. The summed E-state index contributed by atoms with van der Waals surface area (Å²) in [5.74, 6) is -0.594. The van der Waals surface area contributed by atoms with Gasteiger partial charge in [0.15, 0.2) is 0 Å². The minimum atomic E-state index is -0.572. The van der Waals surface area contributed by atoms with Crippen molar-refractivity contribution in [3.05, 3.63) is 53.6 Å². The first-order valence-corrected chi connectivity index (χ1v) is 11.6. The Bertz CT molecular complexity index is 1410. The maximum atomic E-state index is 15.1. The number of benzene rings is 1. The molecule has 0 spiro atoms. The Morgan fingerprint density at radius 1 is 1.33 bits per heavy atom. The van der Waals surface area contributed by atoms with Crippen LogP contribution in [0.4, 0.5) is 15.8 Å². The third kappa shape index (κ3) is 4.29. The summed E-state index contributed by atoms with van der Waals surface area (Å²) < 4.78 is 22.0. The number of nitrogens with zero attached hydrogens (tertiary/aromatic N) is 7. The lowest BCUT2D eigenvalue weighted by Gasteiger charge is -2.32. The van der Waals surface area contributed by atoms with E-state index in [1.807, 2.05) is 24.0 Å². The molecule has 1 aliphatic rings. The van der Waals surface area contributed by atoms with Gasteiger partial charge in [-0.05, 0) is 60.7 Å². The van der Waals surface area contributed by atoms with E-state index in [0.29, 0.717) is 29.8 Å². The van der Waals surface area contributed by atoms with E-state index in [-0.39, 0.29) is 30.0 Å². The number of aromatic nitrogens is 6. The van der Waals surface area contributed by atoms with Crippen molar-refractivity contribution in [3.63, 3.8) is 0 Å². The number of hydrogen-bond acceptors (Lipinski definition) is 8. The molecule has 4 aromatic rings. The van der Waals surface area contributed by atoms with Crippen LogP contribution in [-0.2, 0) is 4.74 Å². The number of rotatable bonds is 9. The number of tetrazole rings is 1. The van der Waals surface area contributed by atoms with E-state index < -0.39 is 11.7 Å². The quantitative estimate of drug-likeness (QED) is 0.362. The maximum absolute atomic E-state index is 15.1. The number of aliphatic hydroxyl groups is 1. The van der Waals surface area contributed by atoms with Gasteiger partial charge in [-0.15, -0.1) is 10.2 Å². The van der Waals surface area contributed by atoms with E-state index in [1.54, 1.807) is 23.9 Å². The molecule has 1 aliphatic carbocycles. The van der Waals surface area contributed by atoms with Crippen molar-refractivity contribution in [3.8, 4) is 11.4 Å². The van der Waals surface area contributed by atoms with Gasteiger partial charge < -0.3 is 20.5 Å². The van der Waals surface area contributed by atoms with Gasteiger partial charge in [-0.3, -0.25) is 4.79 Å². The third-order valence-electron chi connectivity index (χ3n) is 6.64. The first-order chi connectivity index (χ1) is 17.4. The third-order valence-corrected chi connectivity index (χ3v) is 6.64. The molecule has 188 valence electrons. The van der Waals surface area contributed by atoms with Crippen molar-refractivity contribution in [2.75, 3.05) is 31.8 Å². The van der Waals surface area contributed by atoms with Gasteiger partial charge in [-0.25, -0.2) is 8.91 Å². The number of aryl methyl sites for hydroxylation is 1. The lowest BCUT2D eigenvalue weighted by atomic mass is 9.81. The molecule has 36 heavy (non-hydrogen) atoms.